The topological polar surface area (TPSA) is 0 Å². The zero-order chi connectivity index (χ0) is 18.3. The number of thioether (sulfide) groups is 4. The van der Waals surface area contributed by atoms with E-state index >= 15 is 0 Å². The van der Waals surface area contributed by atoms with Gasteiger partial charge in [-0.05, 0) is 38.8 Å². The highest BCUT2D eigenvalue weighted by atomic mass is 32.2. The van der Waals surface area contributed by atoms with Crippen LogP contribution in [0.1, 0.15) is 36.1 Å². The molecule has 2 heterocycles. The normalized spacial score (nSPS) is 20.5. The Bertz CT molecular complexity index is 865. The van der Waals surface area contributed by atoms with E-state index in [0.29, 0.717) is 0 Å². The first-order valence-corrected chi connectivity index (χ1v) is 11.8. The van der Waals surface area contributed by atoms with Crippen molar-refractivity contribution < 1.29 is 0 Å². The van der Waals surface area contributed by atoms with Gasteiger partial charge in [0.2, 0.25) is 0 Å². The van der Waals surface area contributed by atoms with E-state index in [9.17, 15) is 0 Å². The van der Waals surface area contributed by atoms with E-state index in [1.54, 1.807) is 0 Å². The lowest BCUT2D eigenvalue weighted by atomic mass is 10.1. The molecule has 2 aliphatic heterocycles. The lowest BCUT2D eigenvalue weighted by molar-refractivity contribution is 1.46. The quantitative estimate of drug-likeness (QED) is 0.485. The van der Waals surface area contributed by atoms with Gasteiger partial charge in [0.15, 0.2) is 0 Å². The Hall–Kier alpha value is -0.940. The largest absolute Gasteiger partial charge is 0.0845 e. The highest BCUT2D eigenvalue weighted by Gasteiger charge is 2.28. The summed E-state index contributed by atoms with van der Waals surface area (Å²) in [6.45, 7) is 8.77. The molecule has 2 aromatic rings. The molecule has 0 radical (unpaired) electrons. The SMILES string of the molecule is CC1=C(c2ccc(C)cc2)S/C(=C2/SC(C)=C(c3ccc(C)cc3)S2)S1. The smallest absolute Gasteiger partial charge is 0.0703 e. The van der Waals surface area contributed by atoms with Crippen LogP contribution in [-0.4, -0.2) is 0 Å². The minimum Gasteiger partial charge on any atom is -0.0845 e. The van der Waals surface area contributed by atoms with E-state index in [4.69, 9.17) is 0 Å². The Morgan fingerprint density at radius 3 is 1.15 bits per heavy atom. The zero-order valence-electron chi connectivity index (χ0n) is 15.3. The van der Waals surface area contributed by atoms with E-state index in [0.717, 1.165) is 0 Å². The second-order valence-corrected chi connectivity index (χ2v) is 11.5. The first kappa shape index (κ1) is 18.4. The Labute approximate surface area is 173 Å². The highest BCUT2D eigenvalue weighted by Crippen LogP contribution is 2.63. The maximum absolute atomic E-state index is 2.24. The van der Waals surface area contributed by atoms with Crippen LogP contribution in [0.15, 0.2) is 66.8 Å². The highest BCUT2D eigenvalue weighted by molar-refractivity contribution is 8.37. The summed E-state index contributed by atoms with van der Waals surface area (Å²) in [4.78, 5) is 5.62. The molecule has 0 atom stereocenters. The van der Waals surface area contributed by atoms with Crippen LogP contribution < -0.4 is 0 Å². The molecule has 0 spiro atoms. The van der Waals surface area contributed by atoms with Crippen LogP contribution in [0.4, 0.5) is 0 Å². The van der Waals surface area contributed by atoms with E-state index < -0.39 is 0 Å². The second-order valence-electron chi connectivity index (χ2n) is 6.49. The number of benzene rings is 2. The molecular formula is C22H20S4. The van der Waals surface area contributed by atoms with E-state index in [1.807, 2.05) is 47.0 Å². The average molecular weight is 413 g/mol. The first-order valence-electron chi connectivity index (χ1n) is 8.53. The molecule has 26 heavy (non-hydrogen) atoms. The van der Waals surface area contributed by atoms with Crippen molar-refractivity contribution >= 4 is 56.9 Å². The van der Waals surface area contributed by atoms with Crippen LogP contribution in [-0.2, 0) is 0 Å². The van der Waals surface area contributed by atoms with Crippen molar-refractivity contribution in [2.24, 2.45) is 0 Å². The lowest BCUT2D eigenvalue weighted by Gasteiger charge is -2.05. The van der Waals surface area contributed by atoms with Crippen LogP contribution >= 0.6 is 47.0 Å². The van der Waals surface area contributed by atoms with Gasteiger partial charge in [-0.25, -0.2) is 0 Å². The fraction of sp³-hybridized carbons (Fsp3) is 0.182. The molecule has 0 nitrogen and oxygen atoms in total. The summed E-state index contributed by atoms with van der Waals surface area (Å²) < 4.78 is 2.85. The zero-order valence-corrected chi connectivity index (χ0v) is 18.5. The fourth-order valence-electron chi connectivity index (χ4n) is 2.84. The van der Waals surface area contributed by atoms with Crippen LogP contribution in [0.25, 0.3) is 9.81 Å². The molecule has 132 valence electrons. The summed E-state index contributed by atoms with van der Waals surface area (Å²) in [5.74, 6) is 0. The molecular weight excluding hydrogens is 393 g/mol. The van der Waals surface area contributed by atoms with Crippen LogP contribution in [0.2, 0.25) is 0 Å². The molecule has 0 aromatic heterocycles. The fourth-order valence-corrected chi connectivity index (χ4v) is 8.40. The molecule has 4 heteroatoms. The predicted molar refractivity (Wildman–Crippen MR) is 125 cm³/mol. The molecule has 4 rings (SSSR count). The molecule has 2 aliphatic rings. The van der Waals surface area contributed by atoms with Crippen LogP contribution in [0.5, 0.6) is 0 Å². The van der Waals surface area contributed by atoms with E-state index in [1.165, 1.54) is 50.3 Å². The van der Waals surface area contributed by atoms with E-state index in [-0.39, 0.29) is 0 Å². The maximum atomic E-state index is 2.24. The summed E-state index contributed by atoms with van der Waals surface area (Å²) >= 11 is 7.71. The minimum absolute atomic E-state index is 1.31. The van der Waals surface area contributed by atoms with Crippen molar-refractivity contribution in [2.75, 3.05) is 0 Å². The Balaban J connectivity index is 1.57. The Kier molecular flexibility index (Phi) is 5.38. The number of aryl methyl sites for hydroxylation is 2. The molecule has 0 aliphatic carbocycles. The van der Waals surface area contributed by atoms with Gasteiger partial charge < -0.3 is 0 Å². The van der Waals surface area contributed by atoms with Crippen molar-refractivity contribution in [3.63, 3.8) is 0 Å². The summed E-state index contributed by atoms with van der Waals surface area (Å²) in [5.41, 5.74) is 5.28. The molecule has 0 fully saturated rings. The van der Waals surface area contributed by atoms with Crippen molar-refractivity contribution in [3.8, 4) is 0 Å². The molecule has 2 aromatic carbocycles. The number of hydrogen-bond acceptors (Lipinski definition) is 4. The average Bonchev–Trinajstić information content (AvgIpc) is 3.20. The van der Waals surface area contributed by atoms with Gasteiger partial charge >= 0.3 is 0 Å². The lowest BCUT2D eigenvalue weighted by Crippen LogP contribution is -1.80. The molecule has 0 bridgehead atoms. The molecule has 0 unspecified atom stereocenters. The minimum atomic E-state index is 1.31. The van der Waals surface area contributed by atoms with Crippen molar-refractivity contribution in [2.45, 2.75) is 27.7 Å². The predicted octanol–water partition coefficient (Wildman–Crippen LogP) is 8.47. The standard InChI is InChI=1S/C22H20S4/c1-13-5-9-17(10-6-13)19-15(3)23-21(25-19)22-24-16(4)20(26-22)18-11-7-14(2)8-12-18/h5-12H,1-4H3/b22-21-. The van der Waals surface area contributed by atoms with Gasteiger partial charge in [-0.15, -0.1) is 0 Å². The van der Waals surface area contributed by atoms with E-state index in [2.05, 4.69) is 76.2 Å². The van der Waals surface area contributed by atoms with Gasteiger partial charge in [0.1, 0.15) is 0 Å². The second kappa shape index (κ2) is 7.59. The van der Waals surface area contributed by atoms with Crippen molar-refractivity contribution in [1.82, 2.24) is 0 Å². The van der Waals surface area contributed by atoms with Crippen LogP contribution in [0.3, 0.4) is 0 Å². The van der Waals surface area contributed by atoms with Gasteiger partial charge in [0.05, 0.1) is 8.47 Å². The van der Waals surface area contributed by atoms with Gasteiger partial charge in [0.25, 0.3) is 0 Å². The van der Waals surface area contributed by atoms with Gasteiger partial charge in [-0.2, -0.15) is 0 Å². The summed E-state index contributed by atoms with van der Waals surface area (Å²) in [6.07, 6.45) is 0. The van der Waals surface area contributed by atoms with Gasteiger partial charge in [-0.1, -0.05) is 107 Å². The third-order valence-electron chi connectivity index (χ3n) is 4.31. The first-order chi connectivity index (χ1) is 12.5. The van der Waals surface area contributed by atoms with Crippen molar-refractivity contribution in [1.29, 1.82) is 0 Å². The van der Waals surface area contributed by atoms with Crippen LogP contribution in [0, 0.1) is 13.8 Å². The molecule has 0 amide bonds. The molecule has 0 saturated carbocycles. The third kappa shape index (κ3) is 3.70. The maximum Gasteiger partial charge on any atom is 0.0703 e. The van der Waals surface area contributed by atoms with Crippen molar-refractivity contribution in [3.05, 3.63) is 89.1 Å². The molecule has 0 N–H and O–H groups in total. The summed E-state index contributed by atoms with van der Waals surface area (Å²) in [6, 6.07) is 17.8. The number of allylic oxidation sites excluding steroid dienone is 2. The number of hydrogen-bond donors (Lipinski definition) is 0. The Morgan fingerprint density at radius 1 is 0.462 bits per heavy atom. The summed E-state index contributed by atoms with van der Waals surface area (Å²) in [5, 5.41) is 0. The third-order valence-corrected chi connectivity index (χ3v) is 10.2. The number of rotatable bonds is 2. The summed E-state index contributed by atoms with van der Waals surface area (Å²) in [7, 11) is 0. The van der Waals surface area contributed by atoms with Gasteiger partial charge in [0, 0.05) is 19.6 Å². The van der Waals surface area contributed by atoms with Gasteiger partial charge in [-0.3, -0.25) is 0 Å². The Morgan fingerprint density at radius 2 is 0.808 bits per heavy atom. The monoisotopic (exact) mass is 412 g/mol. The molecule has 0 saturated heterocycles.